The Kier molecular flexibility index (Phi) is 6.85. The van der Waals surface area contributed by atoms with E-state index in [0.717, 1.165) is 6.42 Å². The molecule has 2 aliphatic heterocycles. The van der Waals surface area contributed by atoms with Gasteiger partial charge < -0.3 is 19.7 Å². The van der Waals surface area contributed by atoms with Crippen LogP contribution in [0.15, 0.2) is 0 Å². The molecule has 0 radical (unpaired) electrons. The van der Waals surface area contributed by atoms with Crippen molar-refractivity contribution in [3.63, 3.8) is 0 Å². The Hall–Kier alpha value is -1.35. The molecular weight excluding hydrogens is 329 g/mol. The van der Waals surface area contributed by atoms with Crippen LogP contribution in [0.1, 0.15) is 32.1 Å². The van der Waals surface area contributed by atoms with Crippen LogP contribution in [0.25, 0.3) is 0 Å². The van der Waals surface area contributed by atoms with Gasteiger partial charge in [0, 0.05) is 26.1 Å². The molecule has 0 aromatic carbocycles. The molecule has 1 atom stereocenters. The summed E-state index contributed by atoms with van der Waals surface area (Å²) in [5, 5.41) is 2.50. The third-order valence-corrected chi connectivity index (χ3v) is 4.18. The van der Waals surface area contributed by atoms with Crippen LogP contribution in [-0.2, 0) is 19.1 Å². The number of carbonyl (C=O) groups excluding carboxylic acids is 2. The number of carbonyl (C=O) groups is 2. The minimum Gasteiger partial charge on any atom is -0.356 e. The van der Waals surface area contributed by atoms with Gasteiger partial charge in [0.2, 0.25) is 11.8 Å². The lowest BCUT2D eigenvalue weighted by atomic mass is 10.1. The molecule has 2 saturated heterocycles. The van der Waals surface area contributed by atoms with E-state index >= 15 is 0 Å². The normalized spacial score (nSPS) is 22.1. The van der Waals surface area contributed by atoms with E-state index in [1.807, 2.05) is 0 Å². The van der Waals surface area contributed by atoms with Crippen LogP contribution in [0.4, 0.5) is 13.2 Å². The fourth-order valence-electron chi connectivity index (χ4n) is 2.85. The smallest absolute Gasteiger partial charge is 0.356 e. The second kappa shape index (κ2) is 8.66. The summed E-state index contributed by atoms with van der Waals surface area (Å²) >= 11 is 0. The molecular formula is C15H23F3N2O4. The summed E-state index contributed by atoms with van der Waals surface area (Å²) in [6, 6.07) is 0. The lowest BCUT2D eigenvalue weighted by molar-refractivity contribution is -0.144. The molecule has 24 heavy (non-hydrogen) atoms. The second-order valence-corrected chi connectivity index (χ2v) is 6.12. The molecule has 9 heteroatoms. The topological polar surface area (TPSA) is 67.9 Å². The highest BCUT2D eigenvalue weighted by molar-refractivity contribution is 5.77. The van der Waals surface area contributed by atoms with E-state index < -0.39 is 31.2 Å². The number of likely N-dealkylation sites (tertiary alicyclic amines) is 1. The Morgan fingerprint density at radius 2 is 1.92 bits per heavy atom. The molecule has 2 rings (SSSR count). The molecule has 0 spiro atoms. The number of rotatable bonds is 7. The van der Waals surface area contributed by atoms with Gasteiger partial charge in [-0.15, -0.1) is 0 Å². The molecule has 0 bridgehead atoms. The van der Waals surface area contributed by atoms with Gasteiger partial charge in [0.25, 0.3) is 0 Å². The molecule has 0 aromatic heterocycles. The summed E-state index contributed by atoms with van der Waals surface area (Å²) in [5.74, 6) is -0.352. The van der Waals surface area contributed by atoms with Crippen LogP contribution in [0, 0.1) is 5.92 Å². The van der Waals surface area contributed by atoms with Gasteiger partial charge in [0.1, 0.15) is 0 Å². The summed E-state index contributed by atoms with van der Waals surface area (Å²) in [5.41, 5.74) is 0. The van der Waals surface area contributed by atoms with E-state index in [2.05, 4.69) is 5.32 Å². The first-order valence-corrected chi connectivity index (χ1v) is 8.18. The van der Waals surface area contributed by atoms with Crippen LogP contribution < -0.4 is 5.32 Å². The monoisotopic (exact) mass is 352 g/mol. The summed E-state index contributed by atoms with van der Waals surface area (Å²) in [4.78, 5) is 25.2. The lowest BCUT2D eigenvalue weighted by Gasteiger charge is -2.18. The maximum Gasteiger partial charge on any atom is 0.389 e. The van der Waals surface area contributed by atoms with Gasteiger partial charge >= 0.3 is 6.18 Å². The van der Waals surface area contributed by atoms with Crippen LogP contribution in [0.5, 0.6) is 0 Å². The Bertz CT molecular complexity index is 439. The highest BCUT2D eigenvalue weighted by Crippen LogP contribution is 2.22. The van der Waals surface area contributed by atoms with Crippen molar-refractivity contribution in [1.29, 1.82) is 0 Å². The van der Waals surface area contributed by atoms with Crippen LogP contribution >= 0.6 is 0 Å². The standard InChI is InChI=1S/C15H23F3N2O4/c16-15(17,18)4-1-12(21)19-5-2-11-3-6-20(10-11)13(22)9-14-23-7-8-24-14/h11,14H,1-10H2,(H,19,21). The van der Waals surface area contributed by atoms with Gasteiger partial charge in [-0.2, -0.15) is 13.2 Å². The number of hydrogen-bond acceptors (Lipinski definition) is 4. The molecule has 1 N–H and O–H groups in total. The lowest BCUT2D eigenvalue weighted by Crippen LogP contribution is -2.32. The zero-order valence-electron chi connectivity index (χ0n) is 13.4. The highest BCUT2D eigenvalue weighted by Gasteiger charge is 2.30. The van der Waals surface area contributed by atoms with Crippen LogP contribution in [-0.4, -0.2) is 62.0 Å². The molecule has 6 nitrogen and oxygen atoms in total. The van der Waals surface area contributed by atoms with Gasteiger partial charge in [-0.25, -0.2) is 0 Å². The number of halogens is 3. The predicted molar refractivity (Wildman–Crippen MR) is 77.9 cm³/mol. The molecule has 2 amide bonds. The first kappa shape index (κ1) is 19.0. The largest absolute Gasteiger partial charge is 0.389 e. The van der Waals surface area contributed by atoms with E-state index in [9.17, 15) is 22.8 Å². The number of ether oxygens (including phenoxy) is 2. The average molecular weight is 352 g/mol. The second-order valence-electron chi connectivity index (χ2n) is 6.12. The van der Waals surface area contributed by atoms with Gasteiger partial charge in [0.15, 0.2) is 6.29 Å². The zero-order chi connectivity index (χ0) is 17.6. The average Bonchev–Trinajstić information content (AvgIpc) is 3.16. The van der Waals surface area contributed by atoms with Crippen molar-refractivity contribution in [2.45, 2.75) is 44.6 Å². The van der Waals surface area contributed by atoms with Gasteiger partial charge in [0.05, 0.1) is 26.1 Å². The van der Waals surface area contributed by atoms with Crippen molar-refractivity contribution < 1.29 is 32.2 Å². The molecule has 1 unspecified atom stereocenters. The number of nitrogens with one attached hydrogen (secondary N) is 1. The van der Waals surface area contributed by atoms with Crippen molar-refractivity contribution in [2.24, 2.45) is 5.92 Å². The van der Waals surface area contributed by atoms with Crippen molar-refractivity contribution in [2.75, 3.05) is 32.8 Å². The SMILES string of the molecule is O=C(CCC(F)(F)F)NCCC1CCN(C(=O)CC2OCCO2)C1. The number of alkyl halides is 3. The van der Waals surface area contributed by atoms with E-state index in [1.165, 1.54) is 0 Å². The minimum atomic E-state index is -4.31. The van der Waals surface area contributed by atoms with E-state index in [0.29, 0.717) is 39.3 Å². The molecule has 0 aliphatic carbocycles. The van der Waals surface area contributed by atoms with Gasteiger partial charge in [-0.05, 0) is 18.8 Å². The summed E-state index contributed by atoms with van der Waals surface area (Å²) < 4.78 is 46.5. The van der Waals surface area contributed by atoms with Crippen molar-refractivity contribution >= 4 is 11.8 Å². The Morgan fingerprint density at radius 1 is 1.21 bits per heavy atom. The van der Waals surface area contributed by atoms with Crippen LogP contribution in [0.3, 0.4) is 0 Å². The Balaban J connectivity index is 1.58. The first-order valence-electron chi connectivity index (χ1n) is 8.18. The third kappa shape index (κ3) is 6.64. The molecule has 0 saturated carbocycles. The molecule has 2 aliphatic rings. The summed E-state index contributed by atoms with van der Waals surface area (Å²) in [6.07, 6.45) is -4.72. The first-order chi connectivity index (χ1) is 11.3. The Labute approximate surface area is 138 Å². The number of hydrogen-bond donors (Lipinski definition) is 1. The maximum atomic E-state index is 12.1. The van der Waals surface area contributed by atoms with Crippen molar-refractivity contribution in [1.82, 2.24) is 10.2 Å². The summed E-state index contributed by atoms with van der Waals surface area (Å²) in [7, 11) is 0. The van der Waals surface area contributed by atoms with Crippen molar-refractivity contribution in [3.8, 4) is 0 Å². The number of nitrogens with zero attached hydrogens (tertiary/aromatic N) is 1. The maximum absolute atomic E-state index is 12.1. The molecule has 0 aromatic rings. The molecule has 2 heterocycles. The quantitative estimate of drug-likeness (QED) is 0.753. The van der Waals surface area contributed by atoms with E-state index in [4.69, 9.17) is 9.47 Å². The number of amides is 2. The summed E-state index contributed by atoms with van der Waals surface area (Å²) in [6.45, 7) is 2.60. The van der Waals surface area contributed by atoms with E-state index in [-0.39, 0.29) is 18.2 Å². The van der Waals surface area contributed by atoms with Gasteiger partial charge in [-0.1, -0.05) is 0 Å². The fourth-order valence-corrected chi connectivity index (χ4v) is 2.85. The van der Waals surface area contributed by atoms with E-state index in [1.54, 1.807) is 4.90 Å². The fraction of sp³-hybridized carbons (Fsp3) is 0.867. The van der Waals surface area contributed by atoms with Crippen LogP contribution in [0.2, 0.25) is 0 Å². The zero-order valence-corrected chi connectivity index (χ0v) is 13.4. The van der Waals surface area contributed by atoms with Crippen molar-refractivity contribution in [3.05, 3.63) is 0 Å². The minimum absolute atomic E-state index is 0.0152. The molecule has 138 valence electrons. The Morgan fingerprint density at radius 3 is 2.58 bits per heavy atom. The predicted octanol–water partition coefficient (Wildman–Crippen LogP) is 1.45. The highest BCUT2D eigenvalue weighted by atomic mass is 19.4. The van der Waals surface area contributed by atoms with Gasteiger partial charge in [-0.3, -0.25) is 9.59 Å². The third-order valence-electron chi connectivity index (χ3n) is 4.18. The molecule has 2 fully saturated rings.